The SMILES string of the molecule is CCOc1ccc(NC(=O)c2ccc(Cl)cc2)cc1CBr. The van der Waals surface area contributed by atoms with Gasteiger partial charge in [-0.15, -0.1) is 0 Å². The fourth-order valence-corrected chi connectivity index (χ4v) is 2.43. The molecule has 0 spiro atoms. The zero-order valence-electron chi connectivity index (χ0n) is 11.5. The van der Waals surface area contributed by atoms with Crippen LogP contribution in [-0.4, -0.2) is 12.5 Å². The Balaban J connectivity index is 2.15. The van der Waals surface area contributed by atoms with Gasteiger partial charge in [-0.05, 0) is 49.4 Å². The van der Waals surface area contributed by atoms with E-state index in [0.717, 1.165) is 17.0 Å². The van der Waals surface area contributed by atoms with E-state index in [1.54, 1.807) is 24.3 Å². The second kappa shape index (κ2) is 7.48. The molecule has 0 aliphatic carbocycles. The molecule has 0 aliphatic heterocycles. The van der Waals surface area contributed by atoms with Crippen molar-refractivity contribution >= 4 is 39.1 Å². The first-order valence-corrected chi connectivity index (χ1v) is 8.02. The summed E-state index contributed by atoms with van der Waals surface area (Å²) in [7, 11) is 0. The molecule has 2 rings (SSSR count). The molecule has 5 heteroatoms. The molecule has 0 atom stereocenters. The number of nitrogens with one attached hydrogen (secondary N) is 1. The van der Waals surface area contributed by atoms with Gasteiger partial charge in [0.05, 0.1) is 6.61 Å². The van der Waals surface area contributed by atoms with Gasteiger partial charge in [-0.2, -0.15) is 0 Å². The molecule has 3 nitrogen and oxygen atoms in total. The van der Waals surface area contributed by atoms with E-state index in [1.165, 1.54) is 0 Å². The number of alkyl halides is 1. The van der Waals surface area contributed by atoms with Crippen molar-refractivity contribution < 1.29 is 9.53 Å². The standard InChI is InChI=1S/C16H15BrClNO2/c1-2-21-15-8-7-14(9-12(15)10-17)19-16(20)11-3-5-13(18)6-4-11/h3-9H,2,10H2,1H3,(H,19,20). The number of carbonyl (C=O) groups excluding carboxylic acids is 1. The molecule has 0 fully saturated rings. The number of amides is 1. The maximum absolute atomic E-state index is 12.1. The highest BCUT2D eigenvalue weighted by atomic mass is 79.9. The van der Waals surface area contributed by atoms with Crippen molar-refractivity contribution in [2.24, 2.45) is 0 Å². The Morgan fingerprint density at radius 1 is 1.24 bits per heavy atom. The van der Waals surface area contributed by atoms with Crippen molar-refractivity contribution in [2.75, 3.05) is 11.9 Å². The summed E-state index contributed by atoms with van der Waals surface area (Å²) in [5.41, 5.74) is 2.28. The lowest BCUT2D eigenvalue weighted by atomic mass is 10.1. The van der Waals surface area contributed by atoms with E-state index in [9.17, 15) is 4.79 Å². The van der Waals surface area contributed by atoms with Gasteiger partial charge in [0.2, 0.25) is 0 Å². The Hall–Kier alpha value is -1.52. The number of rotatable bonds is 5. The molecule has 2 aromatic rings. The maximum Gasteiger partial charge on any atom is 0.255 e. The van der Waals surface area contributed by atoms with Crippen molar-refractivity contribution in [1.29, 1.82) is 0 Å². The van der Waals surface area contributed by atoms with Gasteiger partial charge >= 0.3 is 0 Å². The van der Waals surface area contributed by atoms with Crippen LogP contribution in [0.2, 0.25) is 5.02 Å². The quantitative estimate of drug-likeness (QED) is 0.763. The number of carbonyl (C=O) groups is 1. The molecule has 2 aromatic carbocycles. The third-order valence-corrected chi connectivity index (χ3v) is 3.72. The zero-order chi connectivity index (χ0) is 15.2. The molecular formula is C16H15BrClNO2. The first-order valence-electron chi connectivity index (χ1n) is 6.52. The molecule has 1 N–H and O–H groups in total. The molecule has 0 bridgehead atoms. The molecule has 0 aliphatic rings. The lowest BCUT2D eigenvalue weighted by Crippen LogP contribution is -2.12. The highest BCUT2D eigenvalue weighted by Gasteiger charge is 2.08. The first kappa shape index (κ1) is 15.9. The van der Waals surface area contributed by atoms with Crippen molar-refractivity contribution in [3.8, 4) is 5.75 Å². The van der Waals surface area contributed by atoms with Crippen LogP contribution in [0.25, 0.3) is 0 Å². The molecule has 0 aromatic heterocycles. The van der Waals surface area contributed by atoms with Crippen molar-refractivity contribution in [1.82, 2.24) is 0 Å². The van der Waals surface area contributed by atoms with E-state index in [2.05, 4.69) is 21.2 Å². The van der Waals surface area contributed by atoms with Crippen molar-refractivity contribution in [3.05, 3.63) is 58.6 Å². The maximum atomic E-state index is 12.1. The summed E-state index contributed by atoms with van der Waals surface area (Å²) < 4.78 is 5.53. The number of hydrogen-bond donors (Lipinski definition) is 1. The highest BCUT2D eigenvalue weighted by Crippen LogP contribution is 2.25. The summed E-state index contributed by atoms with van der Waals surface area (Å²) in [4.78, 5) is 12.1. The summed E-state index contributed by atoms with van der Waals surface area (Å²) in [6.45, 7) is 2.55. The Bertz CT molecular complexity index is 629. The highest BCUT2D eigenvalue weighted by molar-refractivity contribution is 9.08. The molecule has 0 saturated carbocycles. The van der Waals surface area contributed by atoms with Gasteiger partial charge in [0.1, 0.15) is 5.75 Å². The van der Waals surface area contributed by atoms with Gasteiger partial charge in [-0.1, -0.05) is 27.5 Å². The normalized spacial score (nSPS) is 10.2. The Morgan fingerprint density at radius 2 is 1.95 bits per heavy atom. The fourth-order valence-electron chi connectivity index (χ4n) is 1.86. The smallest absolute Gasteiger partial charge is 0.255 e. The van der Waals surface area contributed by atoms with Gasteiger partial charge in [-0.25, -0.2) is 0 Å². The lowest BCUT2D eigenvalue weighted by Gasteiger charge is -2.11. The second-order valence-corrected chi connectivity index (χ2v) is 5.35. The minimum atomic E-state index is -0.170. The molecule has 0 saturated heterocycles. The predicted octanol–water partition coefficient (Wildman–Crippen LogP) is 4.89. The summed E-state index contributed by atoms with van der Waals surface area (Å²) >= 11 is 9.24. The monoisotopic (exact) mass is 367 g/mol. The minimum absolute atomic E-state index is 0.170. The van der Waals surface area contributed by atoms with Crippen LogP contribution in [0.1, 0.15) is 22.8 Å². The molecule has 110 valence electrons. The van der Waals surface area contributed by atoms with Gasteiger partial charge < -0.3 is 10.1 Å². The minimum Gasteiger partial charge on any atom is -0.494 e. The van der Waals surface area contributed by atoms with E-state index in [0.29, 0.717) is 22.5 Å². The zero-order valence-corrected chi connectivity index (χ0v) is 13.9. The van der Waals surface area contributed by atoms with Crippen molar-refractivity contribution in [2.45, 2.75) is 12.3 Å². The third-order valence-electron chi connectivity index (χ3n) is 2.87. The number of halogens is 2. The van der Waals surface area contributed by atoms with E-state index in [4.69, 9.17) is 16.3 Å². The summed E-state index contributed by atoms with van der Waals surface area (Å²) in [6.07, 6.45) is 0. The topological polar surface area (TPSA) is 38.3 Å². The van der Waals surface area contributed by atoms with Gasteiger partial charge in [0.15, 0.2) is 0 Å². The largest absolute Gasteiger partial charge is 0.494 e. The van der Waals surface area contributed by atoms with Crippen LogP contribution in [0.15, 0.2) is 42.5 Å². The lowest BCUT2D eigenvalue weighted by molar-refractivity contribution is 0.102. The molecule has 0 unspecified atom stereocenters. The Labute approximate surface area is 137 Å². The average molecular weight is 369 g/mol. The van der Waals surface area contributed by atoms with Gasteiger partial charge in [-0.3, -0.25) is 4.79 Å². The molecular weight excluding hydrogens is 354 g/mol. The van der Waals surface area contributed by atoms with Gasteiger partial charge in [0, 0.05) is 27.2 Å². The van der Waals surface area contributed by atoms with Crippen LogP contribution in [0, 0.1) is 0 Å². The summed E-state index contributed by atoms with van der Waals surface area (Å²) in [5.74, 6) is 0.648. The van der Waals surface area contributed by atoms with E-state index in [-0.39, 0.29) is 5.91 Å². The number of benzene rings is 2. The van der Waals surface area contributed by atoms with Crippen LogP contribution in [0.4, 0.5) is 5.69 Å². The van der Waals surface area contributed by atoms with Crippen LogP contribution in [-0.2, 0) is 5.33 Å². The van der Waals surface area contributed by atoms with Crippen LogP contribution in [0.3, 0.4) is 0 Å². The summed E-state index contributed by atoms with van der Waals surface area (Å²) in [5, 5.41) is 4.13. The molecule has 0 heterocycles. The Kier molecular flexibility index (Phi) is 5.65. The summed E-state index contributed by atoms with van der Waals surface area (Å²) in [6, 6.07) is 12.3. The van der Waals surface area contributed by atoms with E-state index >= 15 is 0 Å². The first-order chi connectivity index (χ1) is 10.1. The van der Waals surface area contributed by atoms with E-state index < -0.39 is 0 Å². The van der Waals surface area contributed by atoms with Gasteiger partial charge in [0.25, 0.3) is 5.91 Å². The van der Waals surface area contributed by atoms with Crippen LogP contribution in [0.5, 0.6) is 5.75 Å². The Morgan fingerprint density at radius 3 is 2.57 bits per heavy atom. The van der Waals surface area contributed by atoms with Crippen molar-refractivity contribution in [3.63, 3.8) is 0 Å². The number of ether oxygens (including phenoxy) is 1. The average Bonchev–Trinajstić information content (AvgIpc) is 2.49. The predicted molar refractivity (Wildman–Crippen MR) is 89.6 cm³/mol. The number of hydrogen-bond acceptors (Lipinski definition) is 2. The van der Waals surface area contributed by atoms with E-state index in [1.807, 2.05) is 25.1 Å². The number of anilines is 1. The molecule has 1 amide bonds. The molecule has 21 heavy (non-hydrogen) atoms. The molecule has 0 radical (unpaired) electrons. The third kappa shape index (κ3) is 4.22. The van der Waals surface area contributed by atoms with Crippen LogP contribution >= 0.6 is 27.5 Å². The van der Waals surface area contributed by atoms with Crippen LogP contribution < -0.4 is 10.1 Å². The fraction of sp³-hybridized carbons (Fsp3) is 0.188. The second-order valence-electron chi connectivity index (χ2n) is 4.35.